The summed E-state index contributed by atoms with van der Waals surface area (Å²) in [7, 11) is 1.59. The van der Waals surface area contributed by atoms with E-state index in [2.05, 4.69) is 5.92 Å². The summed E-state index contributed by atoms with van der Waals surface area (Å²) in [5.74, 6) is 2.68. The smallest absolute Gasteiger partial charge is 0.184 e. The fourth-order valence-electron chi connectivity index (χ4n) is 1.45. The molecule has 0 radical (unpaired) electrons. The Morgan fingerprint density at radius 2 is 2.17 bits per heavy atom. The van der Waals surface area contributed by atoms with E-state index in [-0.39, 0.29) is 12.2 Å². The highest BCUT2D eigenvalue weighted by molar-refractivity contribution is 6.02. The first-order chi connectivity index (χ1) is 8.70. The van der Waals surface area contributed by atoms with Crippen molar-refractivity contribution in [3.63, 3.8) is 0 Å². The summed E-state index contributed by atoms with van der Waals surface area (Å²) in [5.41, 5.74) is 6.17. The summed E-state index contributed by atoms with van der Waals surface area (Å²) in [4.78, 5) is 12.1. The second kappa shape index (κ2) is 7.49. The molecule has 0 aliphatic rings. The number of carbonyl (C=O) groups is 1. The summed E-state index contributed by atoms with van der Waals surface area (Å²) >= 11 is 0. The summed E-state index contributed by atoms with van der Waals surface area (Å²) < 4.78 is 10.4. The molecule has 0 bridgehead atoms. The average molecular weight is 247 g/mol. The number of terminal acetylenes is 1. The van der Waals surface area contributed by atoms with Crippen LogP contribution < -0.4 is 10.5 Å². The van der Waals surface area contributed by atoms with E-state index in [0.717, 1.165) is 0 Å². The minimum absolute atomic E-state index is 0.207. The van der Waals surface area contributed by atoms with Crippen LogP contribution in [-0.4, -0.2) is 32.1 Å². The Morgan fingerprint density at radius 3 is 2.83 bits per heavy atom. The number of nitrogens with two attached hydrogens (primary N) is 1. The molecule has 0 aliphatic heterocycles. The van der Waals surface area contributed by atoms with Gasteiger partial charge in [-0.1, -0.05) is 12.1 Å². The highest BCUT2D eigenvalue weighted by atomic mass is 16.5. The molecular formula is C14H17NO3. The van der Waals surface area contributed by atoms with Crippen LogP contribution in [-0.2, 0) is 4.74 Å². The first-order valence-electron chi connectivity index (χ1n) is 5.64. The molecule has 0 amide bonds. The van der Waals surface area contributed by atoms with Crippen molar-refractivity contribution in [1.29, 1.82) is 0 Å². The van der Waals surface area contributed by atoms with Crippen LogP contribution in [0.25, 0.3) is 0 Å². The Bertz CT molecular complexity index is 437. The zero-order valence-electron chi connectivity index (χ0n) is 10.4. The number of benzene rings is 1. The molecule has 4 heteroatoms. The van der Waals surface area contributed by atoms with Gasteiger partial charge >= 0.3 is 0 Å². The van der Waals surface area contributed by atoms with E-state index in [4.69, 9.17) is 21.6 Å². The maximum Gasteiger partial charge on any atom is 0.184 e. The van der Waals surface area contributed by atoms with Gasteiger partial charge in [0.1, 0.15) is 12.4 Å². The summed E-state index contributed by atoms with van der Waals surface area (Å²) in [6.07, 6.45) is 5.37. The summed E-state index contributed by atoms with van der Waals surface area (Å²) in [6.45, 7) is 0.837. The molecule has 0 fully saturated rings. The number of Topliss-reactive ketones (excluding diaryl/α,β-unsaturated/α-hetero) is 1. The van der Waals surface area contributed by atoms with Gasteiger partial charge in [0.2, 0.25) is 0 Å². The third-order valence-corrected chi connectivity index (χ3v) is 2.37. The van der Waals surface area contributed by atoms with Gasteiger partial charge < -0.3 is 15.2 Å². The molecule has 1 unspecified atom stereocenters. The third kappa shape index (κ3) is 3.88. The number of methoxy groups -OCH3 is 1. The lowest BCUT2D eigenvalue weighted by molar-refractivity contribution is 0.0955. The van der Waals surface area contributed by atoms with Gasteiger partial charge in [-0.2, -0.15) is 0 Å². The quantitative estimate of drug-likeness (QED) is 0.447. The maximum absolute atomic E-state index is 12.1. The molecule has 96 valence electrons. The second-order valence-corrected chi connectivity index (χ2v) is 3.72. The van der Waals surface area contributed by atoms with Crippen molar-refractivity contribution >= 4 is 5.78 Å². The number of hydrogen-bond acceptors (Lipinski definition) is 4. The highest BCUT2D eigenvalue weighted by Gasteiger charge is 2.18. The monoisotopic (exact) mass is 247 g/mol. The minimum Gasteiger partial charge on any atom is -0.490 e. The van der Waals surface area contributed by atoms with E-state index in [1.54, 1.807) is 31.4 Å². The molecule has 0 aliphatic carbocycles. The van der Waals surface area contributed by atoms with Crippen LogP contribution >= 0.6 is 0 Å². The topological polar surface area (TPSA) is 61.6 Å². The first kappa shape index (κ1) is 14.2. The molecule has 4 nitrogen and oxygen atoms in total. The molecule has 1 aromatic rings. The normalized spacial score (nSPS) is 11.6. The molecule has 0 spiro atoms. The van der Waals surface area contributed by atoms with E-state index in [1.807, 2.05) is 0 Å². The lowest BCUT2D eigenvalue weighted by Crippen LogP contribution is -2.30. The Balaban J connectivity index is 2.81. The summed E-state index contributed by atoms with van der Waals surface area (Å²) in [5, 5.41) is 0. The zero-order chi connectivity index (χ0) is 13.4. The van der Waals surface area contributed by atoms with Gasteiger partial charge in [0, 0.05) is 13.5 Å². The molecule has 1 aromatic carbocycles. The number of carbonyl (C=O) groups excluding carboxylic acids is 1. The molecule has 18 heavy (non-hydrogen) atoms. The molecule has 1 atom stereocenters. The Labute approximate surface area is 107 Å². The highest BCUT2D eigenvalue weighted by Crippen LogP contribution is 2.19. The maximum atomic E-state index is 12.1. The summed E-state index contributed by atoms with van der Waals surface area (Å²) in [6, 6.07) is 6.28. The number of hydrogen-bond donors (Lipinski definition) is 1. The van der Waals surface area contributed by atoms with E-state index in [9.17, 15) is 4.79 Å². The zero-order valence-corrected chi connectivity index (χ0v) is 10.4. The lowest BCUT2D eigenvalue weighted by Gasteiger charge is -2.12. The van der Waals surface area contributed by atoms with Crippen LogP contribution in [0.4, 0.5) is 0 Å². The van der Waals surface area contributed by atoms with Crippen molar-refractivity contribution in [1.82, 2.24) is 0 Å². The third-order valence-electron chi connectivity index (χ3n) is 2.37. The average Bonchev–Trinajstić information content (AvgIpc) is 2.39. The predicted octanol–water partition coefficient (Wildman–Crippen LogP) is 1.25. The fraction of sp³-hybridized carbons (Fsp3) is 0.357. The second-order valence-electron chi connectivity index (χ2n) is 3.72. The SMILES string of the molecule is C#CCC(N)C(=O)c1ccccc1OCCOC. The number of ketones is 1. The number of ether oxygens (including phenoxy) is 2. The lowest BCUT2D eigenvalue weighted by atomic mass is 10.0. The van der Waals surface area contributed by atoms with Crippen LogP contribution in [0.15, 0.2) is 24.3 Å². The van der Waals surface area contributed by atoms with Gasteiger partial charge in [-0.15, -0.1) is 12.3 Å². The Hall–Kier alpha value is -1.83. The molecule has 0 saturated heterocycles. The van der Waals surface area contributed by atoms with Gasteiger partial charge in [0.25, 0.3) is 0 Å². The van der Waals surface area contributed by atoms with Crippen molar-refractivity contribution < 1.29 is 14.3 Å². The largest absolute Gasteiger partial charge is 0.490 e. The Morgan fingerprint density at radius 1 is 1.44 bits per heavy atom. The van der Waals surface area contributed by atoms with Gasteiger partial charge in [-0.05, 0) is 12.1 Å². The van der Waals surface area contributed by atoms with Crippen LogP contribution in [0.2, 0.25) is 0 Å². The minimum atomic E-state index is -0.692. The molecule has 0 heterocycles. The molecule has 2 N–H and O–H groups in total. The molecule has 0 saturated carbocycles. The first-order valence-corrected chi connectivity index (χ1v) is 5.64. The van der Waals surface area contributed by atoms with Gasteiger partial charge in [-0.25, -0.2) is 0 Å². The van der Waals surface area contributed by atoms with Gasteiger partial charge in [0.15, 0.2) is 5.78 Å². The molecule has 0 aromatic heterocycles. The van der Waals surface area contributed by atoms with Crippen molar-refractivity contribution in [2.24, 2.45) is 5.73 Å². The van der Waals surface area contributed by atoms with Crippen molar-refractivity contribution in [2.45, 2.75) is 12.5 Å². The molecular weight excluding hydrogens is 230 g/mol. The van der Waals surface area contributed by atoms with E-state index in [0.29, 0.717) is 24.5 Å². The number of para-hydroxylation sites is 1. The van der Waals surface area contributed by atoms with Crippen LogP contribution in [0, 0.1) is 12.3 Å². The van der Waals surface area contributed by atoms with Gasteiger partial charge in [-0.3, -0.25) is 4.79 Å². The van der Waals surface area contributed by atoms with Crippen LogP contribution in [0.1, 0.15) is 16.8 Å². The van der Waals surface area contributed by atoms with E-state index < -0.39 is 6.04 Å². The van der Waals surface area contributed by atoms with Crippen LogP contribution in [0.3, 0.4) is 0 Å². The fourth-order valence-corrected chi connectivity index (χ4v) is 1.45. The van der Waals surface area contributed by atoms with Crippen molar-refractivity contribution in [2.75, 3.05) is 20.3 Å². The van der Waals surface area contributed by atoms with Crippen LogP contribution in [0.5, 0.6) is 5.75 Å². The number of rotatable bonds is 7. The Kier molecular flexibility index (Phi) is 5.92. The standard InChI is InChI=1S/C14H17NO3/c1-3-6-12(15)14(16)11-7-4-5-8-13(11)18-10-9-17-2/h1,4-5,7-8,12H,6,9-10,15H2,2H3. The van der Waals surface area contributed by atoms with E-state index in [1.165, 1.54) is 0 Å². The van der Waals surface area contributed by atoms with Crippen molar-refractivity contribution in [3.8, 4) is 18.1 Å². The van der Waals surface area contributed by atoms with Gasteiger partial charge in [0.05, 0.1) is 18.2 Å². The predicted molar refractivity (Wildman–Crippen MR) is 69.6 cm³/mol. The molecule has 1 rings (SSSR count). The van der Waals surface area contributed by atoms with Crippen molar-refractivity contribution in [3.05, 3.63) is 29.8 Å². The van der Waals surface area contributed by atoms with E-state index >= 15 is 0 Å².